The molecule has 0 bridgehead atoms. The molecule has 2 N–H and O–H groups in total. The summed E-state index contributed by atoms with van der Waals surface area (Å²) in [7, 11) is 0. The van der Waals surface area contributed by atoms with Crippen molar-refractivity contribution in [2.24, 2.45) is 0 Å². The van der Waals surface area contributed by atoms with Gasteiger partial charge in [0.25, 0.3) is 0 Å². The van der Waals surface area contributed by atoms with Crippen LogP contribution in [0.3, 0.4) is 0 Å². The highest BCUT2D eigenvalue weighted by molar-refractivity contribution is 7.80. The third kappa shape index (κ3) is 3.61. The quantitative estimate of drug-likeness (QED) is 0.547. The molecule has 124 valence electrons. The average Bonchev–Trinajstić information content (AvgIpc) is 2.90. The molecule has 3 aromatic rings. The number of para-hydroxylation sites is 2. The Hall–Kier alpha value is -1.90. The van der Waals surface area contributed by atoms with Crippen LogP contribution in [0.25, 0.3) is 10.2 Å². The lowest BCUT2D eigenvalue weighted by molar-refractivity contribution is -0.136. The number of halogens is 4. The van der Waals surface area contributed by atoms with Crippen LogP contribution in [0.4, 0.5) is 24.0 Å². The zero-order valence-electron chi connectivity index (χ0n) is 11.8. The first-order valence-electron chi connectivity index (χ1n) is 6.64. The zero-order chi connectivity index (χ0) is 17.3. The smallest absolute Gasteiger partial charge is 0.332 e. The van der Waals surface area contributed by atoms with Gasteiger partial charge in [-0.1, -0.05) is 41.1 Å². The van der Waals surface area contributed by atoms with Crippen molar-refractivity contribution in [3.8, 4) is 0 Å². The van der Waals surface area contributed by atoms with Crippen LogP contribution in [0, 0.1) is 0 Å². The summed E-state index contributed by atoms with van der Waals surface area (Å²) in [5, 5.41) is 6.30. The Labute approximate surface area is 149 Å². The molecule has 1 aromatic heterocycles. The number of benzene rings is 2. The van der Waals surface area contributed by atoms with E-state index < -0.39 is 11.7 Å². The summed E-state index contributed by atoms with van der Waals surface area (Å²) in [4.78, 5) is 4.29. The van der Waals surface area contributed by atoms with Crippen molar-refractivity contribution in [2.45, 2.75) is 6.18 Å². The standard InChI is InChI=1S/C15H9ClF3N3S2/c16-9-5-3-7-11-12(9)21-14(24-11)22-13(23)20-10-6-2-1-4-8(10)15(17,18)19/h1-7H,(H2,20,21,22,23). The van der Waals surface area contributed by atoms with E-state index >= 15 is 0 Å². The van der Waals surface area contributed by atoms with E-state index in [4.69, 9.17) is 23.8 Å². The number of thiazole rings is 1. The Morgan fingerprint density at radius 2 is 1.83 bits per heavy atom. The van der Waals surface area contributed by atoms with Gasteiger partial charge in [0.05, 0.1) is 21.0 Å². The number of rotatable bonds is 2. The Morgan fingerprint density at radius 3 is 2.54 bits per heavy atom. The second-order valence-electron chi connectivity index (χ2n) is 4.73. The second-order valence-corrected chi connectivity index (χ2v) is 6.57. The molecule has 0 aliphatic carbocycles. The van der Waals surface area contributed by atoms with Gasteiger partial charge in [-0.3, -0.25) is 0 Å². The maximum atomic E-state index is 13.0. The molecule has 3 nitrogen and oxygen atoms in total. The first-order valence-corrected chi connectivity index (χ1v) is 8.24. The number of hydrogen-bond donors (Lipinski definition) is 2. The molecule has 24 heavy (non-hydrogen) atoms. The number of nitrogens with zero attached hydrogens (tertiary/aromatic N) is 1. The molecule has 0 fully saturated rings. The van der Waals surface area contributed by atoms with Crippen LogP contribution < -0.4 is 10.6 Å². The molecular formula is C15H9ClF3N3S2. The van der Waals surface area contributed by atoms with Crippen LogP contribution in [0.5, 0.6) is 0 Å². The van der Waals surface area contributed by atoms with E-state index in [1.165, 1.54) is 29.5 Å². The predicted octanol–water partition coefficient (Wildman–Crippen LogP) is 5.78. The van der Waals surface area contributed by atoms with Crippen molar-refractivity contribution >= 4 is 61.3 Å². The fraction of sp³-hybridized carbons (Fsp3) is 0.0667. The minimum atomic E-state index is -4.47. The van der Waals surface area contributed by atoms with Gasteiger partial charge in [0, 0.05) is 0 Å². The maximum absolute atomic E-state index is 13.0. The van der Waals surface area contributed by atoms with Gasteiger partial charge in [0.2, 0.25) is 0 Å². The van der Waals surface area contributed by atoms with E-state index in [0.717, 1.165) is 10.8 Å². The van der Waals surface area contributed by atoms with Crippen LogP contribution in [0.15, 0.2) is 42.5 Å². The number of hydrogen-bond acceptors (Lipinski definition) is 3. The highest BCUT2D eigenvalue weighted by Crippen LogP contribution is 2.35. The van der Waals surface area contributed by atoms with Crippen molar-refractivity contribution < 1.29 is 13.2 Å². The number of anilines is 2. The fourth-order valence-corrected chi connectivity index (χ4v) is 3.50. The van der Waals surface area contributed by atoms with Gasteiger partial charge in [-0.25, -0.2) is 4.98 Å². The van der Waals surface area contributed by atoms with Gasteiger partial charge >= 0.3 is 6.18 Å². The van der Waals surface area contributed by atoms with Gasteiger partial charge in [0.1, 0.15) is 5.52 Å². The van der Waals surface area contributed by atoms with Gasteiger partial charge in [0.15, 0.2) is 10.2 Å². The van der Waals surface area contributed by atoms with E-state index in [2.05, 4.69) is 15.6 Å². The number of alkyl halides is 3. The third-order valence-electron chi connectivity index (χ3n) is 3.07. The van der Waals surface area contributed by atoms with Crippen molar-refractivity contribution in [1.29, 1.82) is 0 Å². The number of fused-ring (bicyclic) bond motifs is 1. The molecular weight excluding hydrogens is 379 g/mol. The molecule has 0 amide bonds. The lowest BCUT2D eigenvalue weighted by atomic mass is 10.2. The Kier molecular flexibility index (Phi) is 4.62. The normalized spacial score (nSPS) is 11.5. The summed E-state index contributed by atoms with van der Waals surface area (Å²) in [6.45, 7) is 0. The van der Waals surface area contributed by atoms with Gasteiger partial charge in [-0.15, -0.1) is 0 Å². The highest BCUT2D eigenvalue weighted by atomic mass is 35.5. The SMILES string of the molecule is FC(F)(F)c1ccccc1NC(=S)Nc1nc2c(Cl)cccc2s1. The van der Waals surface area contributed by atoms with E-state index in [-0.39, 0.29) is 10.8 Å². The molecule has 0 spiro atoms. The fourth-order valence-electron chi connectivity index (χ4n) is 2.06. The highest BCUT2D eigenvalue weighted by Gasteiger charge is 2.33. The van der Waals surface area contributed by atoms with Crippen molar-refractivity contribution in [2.75, 3.05) is 10.6 Å². The molecule has 9 heteroatoms. The molecule has 0 saturated carbocycles. The second kappa shape index (κ2) is 6.54. The van der Waals surface area contributed by atoms with Crippen LogP contribution in [-0.2, 0) is 6.18 Å². The summed E-state index contributed by atoms with van der Waals surface area (Å²) < 4.78 is 39.8. The predicted molar refractivity (Wildman–Crippen MR) is 95.9 cm³/mol. The van der Waals surface area contributed by atoms with Crippen molar-refractivity contribution in [3.63, 3.8) is 0 Å². The van der Waals surface area contributed by atoms with E-state index in [1.807, 2.05) is 6.07 Å². The molecule has 0 aliphatic rings. The first-order chi connectivity index (χ1) is 11.3. The molecule has 0 unspecified atom stereocenters. The maximum Gasteiger partial charge on any atom is 0.418 e. The Morgan fingerprint density at radius 1 is 1.08 bits per heavy atom. The van der Waals surface area contributed by atoms with E-state index in [1.54, 1.807) is 12.1 Å². The van der Waals surface area contributed by atoms with Crippen LogP contribution in [-0.4, -0.2) is 10.1 Å². The average molecular weight is 388 g/mol. The number of thiocarbonyl (C=S) groups is 1. The van der Waals surface area contributed by atoms with E-state index in [0.29, 0.717) is 15.7 Å². The molecule has 0 atom stereocenters. The van der Waals surface area contributed by atoms with Crippen molar-refractivity contribution in [3.05, 3.63) is 53.1 Å². The molecule has 0 aliphatic heterocycles. The first kappa shape index (κ1) is 16.9. The monoisotopic (exact) mass is 387 g/mol. The Bertz CT molecular complexity index is 908. The summed E-state index contributed by atoms with van der Waals surface area (Å²) in [6.07, 6.45) is -4.47. The summed E-state index contributed by atoms with van der Waals surface area (Å²) in [5.74, 6) is 0. The van der Waals surface area contributed by atoms with Crippen LogP contribution in [0.2, 0.25) is 5.02 Å². The molecule has 1 heterocycles. The lowest BCUT2D eigenvalue weighted by Gasteiger charge is -2.14. The number of nitrogens with one attached hydrogen (secondary N) is 2. The minimum Gasteiger partial charge on any atom is -0.332 e. The van der Waals surface area contributed by atoms with Gasteiger partial charge in [-0.05, 0) is 36.5 Å². The zero-order valence-corrected chi connectivity index (χ0v) is 14.2. The Balaban J connectivity index is 1.80. The topological polar surface area (TPSA) is 37.0 Å². The summed E-state index contributed by atoms with van der Waals surface area (Å²) >= 11 is 12.4. The molecule has 0 saturated heterocycles. The third-order valence-corrected chi connectivity index (χ3v) is 4.52. The largest absolute Gasteiger partial charge is 0.418 e. The summed E-state index contributed by atoms with van der Waals surface area (Å²) in [5.41, 5.74) is -0.298. The van der Waals surface area contributed by atoms with Crippen molar-refractivity contribution in [1.82, 2.24) is 4.98 Å². The van der Waals surface area contributed by atoms with E-state index in [9.17, 15) is 13.2 Å². The van der Waals surface area contributed by atoms with Gasteiger partial charge in [-0.2, -0.15) is 13.2 Å². The van der Waals surface area contributed by atoms with Crippen LogP contribution >= 0.6 is 35.2 Å². The minimum absolute atomic E-state index is 0.0156. The van der Waals surface area contributed by atoms with Crippen LogP contribution in [0.1, 0.15) is 5.56 Å². The molecule has 3 rings (SSSR count). The summed E-state index contributed by atoms with van der Waals surface area (Å²) in [6, 6.07) is 10.5. The molecule has 2 aromatic carbocycles. The van der Waals surface area contributed by atoms with Gasteiger partial charge < -0.3 is 10.6 Å². The number of aromatic nitrogens is 1. The lowest BCUT2D eigenvalue weighted by Crippen LogP contribution is -2.21. The molecule has 0 radical (unpaired) electrons.